The average Bonchev–Trinajstić information content (AvgIpc) is 1.98. The van der Waals surface area contributed by atoms with E-state index in [1.54, 1.807) is 0 Å². The zero-order chi connectivity index (χ0) is 9.47. The third-order valence-corrected chi connectivity index (χ3v) is 3.67. The van der Waals surface area contributed by atoms with Gasteiger partial charge in [-0.05, 0) is 39.5 Å². The molecule has 1 heterocycles. The van der Waals surface area contributed by atoms with Crippen molar-refractivity contribution in [2.24, 2.45) is 0 Å². The second kappa shape index (κ2) is 2.86. The van der Waals surface area contributed by atoms with Crippen molar-refractivity contribution in [1.82, 2.24) is 4.90 Å². The fourth-order valence-electron chi connectivity index (χ4n) is 2.30. The molecule has 13 heavy (non-hydrogen) atoms. The minimum atomic E-state index is 0.258. The van der Waals surface area contributed by atoms with Crippen LogP contribution >= 0.6 is 0 Å². The Morgan fingerprint density at radius 3 is 2.38 bits per heavy atom. The van der Waals surface area contributed by atoms with E-state index in [0.29, 0.717) is 5.54 Å². The van der Waals surface area contributed by atoms with E-state index in [2.05, 4.69) is 4.90 Å². The monoisotopic (exact) mass is 179 g/mol. The Balaban J connectivity index is 2.06. The molecular formula is C11H17NO. The lowest BCUT2D eigenvalue weighted by molar-refractivity contribution is -0.151. The fraction of sp³-hybridized carbons (Fsp3) is 0.727. The Bertz CT molecular complexity index is 258. The SMILES string of the molecule is C/C=C(/C)C(=O)N1CCC12CCC2. The van der Waals surface area contributed by atoms with Crippen molar-refractivity contribution in [3.8, 4) is 0 Å². The summed E-state index contributed by atoms with van der Waals surface area (Å²) in [5.41, 5.74) is 1.20. The third-order valence-electron chi connectivity index (χ3n) is 3.67. The quantitative estimate of drug-likeness (QED) is 0.564. The smallest absolute Gasteiger partial charge is 0.249 e. The van der Waals surface area contributed by atoms with Crippen LogP contribution in [0.15, 0.2) is 11.6 Å². The molecule has 0 N–H and O–H groups in total. The van der Waals surface area contributed by atoms with E-state index in [1.165, 1.54) is 25.7 Å². The highest BCUT2D eigenvalue weighted by Crippen LogP contribution is 2.47. The van der Waals surface area contributed by atoms with Gasteiger partial charge in [0.15, 0.2) is 0 Å². The lowest BCUT2D eigenvalue weighted by atomic mass is 9.67. The van der Waals surface area contributed by atoms with Gasteiger partial charge in [-0.2, -0.15) is 0 Å². The van der Waals surface area contributed by atoms with Gasteiger partial charge in [-0.15, -0.1) is 0 Å². The standard InChI is InChI=1S/C11H17NO/c1-3-9(2)10(13)12-8-7-11(12)5-4-6-11/h3H,4-8H2,1-2H3/b9-3-. The third kappa shape index (κ3) is 1.11. The highest BCUT2D eigenvalue weighted by atomic mass is 16.2. The Morgan fingerprint density at radius 1 is 1.38 bits per heavy atom. The normalized spacial score (nSPS) is 25.4. The van der Waals surface area contributed by atoms with Crippen LogP contribution < -0.4 is 0 Å². The molecule has 1 aliphatic heterocycles. The van der Waals surface area contributed by atoms with Gasteiger partial charge in [-0.3, -0.25) is 4.79 Å². The Hall–Kier alpha value is -0.790. The molecular weight excluding hydrogens is 162 g/mol. The van der Waals surface area contributed by atoms with Crippen LogP contribution in [0, 0.1) is 0 Å². The molecule has 1 aliphatic carbocycles. The first kappa shape index (κ1) is 8.79. The zero-order valence-corrected chi connectivity index (χ0v) is 8.47. The van der Waals surface area contributed by atoms with Crippen LogP contribution in [0.2, 0.25) is 0 Å². The van der Waals surface area contributed by atoms with Gasteiger partial charge >= 0.3 is 0 Å². The van der Waals surface area contributed by atoms with Crippen molar-refractivity contribution in [1.29, 1.82) is 0 Å². The number of carbonyl (C=O) groups excluding carboxylic acids is 1. The van der Waals surface area contributed by atoms with Gasteiger partial charge in [0.2, 0.25) is 5.91 Å². The number of hydrogen-bond acceptors (Lipinski definition) is 1. The number of likely N-dealkylation sites (tertiary alicyclic amines) is 1. The van der Waals surface area contributed by atoms with E-state index in [0.717, 1.165) is 12.1 Å². The summed E-state index contributed by atoms with van der Waals surface area (Å²) in [4.78, 5) is 13.9. The maximum absolute atomic E-state index is 11.8. The van der Waals surface area contributed by atoms with Crippen LogP contribution in [0.25, 0.3) is 0 Å². The van der Waals surface area contributed by atoms with Crippen molar-refractivity contribution < 1.29 is 4.79 Å². The van der Waals surface area contributed by atoms with Crippen molar-refractivity contribution in [2.45, 2.75) is 45.1 Å². The molecule has 1 saturated heterocycles. The van der Waals surface area contributed by atoms with E-state index in [1.807, 2.05) is 19.9 Å². The second-order valence-electron chi connectivity index (χ2n) is 4.26. The number of rotatable bonds is 1. The molecule has 0 aromatic heterocycles. The molecule has 2 heteroatoms. The number of nitrogens with zero attached hydrogens (tertiary/aromatic N) is 1. The van der Waals surface area contributed by atoms with Gasteiger partial charge in [0.1, 0.15) is 0 Å². The summed E-state index contributed by atoms with van der Waals surface area (Å²) in [5, 5.41) is 0. The number of allylic oxidation sites excluding steroid dienone is 1. The maximum atomic E-state index is 11.8. The molecule has 1 saturated carbocycles. The summed E-state index contributed by atoms with van der Waals surface area (Å²) in [6.45, 7) is 4.82. The van der Waals surface area contributed by atoms with E-state index in [-0.39, 0.29) is 5.91 Å². The first-order valence-electron chi connectivity index (χ1n) is 5.14. The minimum absolute atomic E-state index is 0.258. The van der Waals surface area contributed by atoms with E-state index < -0.39 is 0 Å². The molecule has 0 aromatic carbocycles. The van der Waals surface area contributed by atoms with Crippen molar-refractivity contribution in [3.05, 3.63) is 11.6 Å². The van der Waals surface area contributed by atoms with Crippen molar-refractivity contribution in [3.63, 3.8) is 0 Å². The molecule has 2 fully saturated rings. The van der Waals surface area contributed by atoms with Gasteiger partial charge in [-0.25, -0.2) is 0 Å². The molecule has 2 nitrogen and oxygen atoms in total. The molecule has 0 unspecified atom stereocenters. The predicted octanol–water partition coefficient (Wildman–Crippen LogP) is 2.11. The average molecular weight is 179 g/mol. The minimum Gasteiger partial charge on any atom is -0.333 e. The van der Waals surface area contributed by atoms with E-state index in [9.17, 15) is 4.79 Å². The first-order chi connectivity index (χ1) is 6.19. The van der Waals surface area contributed by atoms with Crippen LogP contribution in [-0.4, -0.2) is 22.9 Å². The van der Waals surface area contributed by atoms with Gasteiger partial charge in [0.25, 0.3) is 0 Å². The van der Waals surface area contributed by atoms with Crippen molar-refractivity contribution in [2.75, 3.05) is 6.54 Å². The topological polar surface area (TPSA) is 20.3 Å². The number of hydrogen-bond donors (Lipinski definition) is 0. The summed E-state index contributed by atoms with van der Waals surface area (Å²) in [6, 6.07) is 0. The van der Waals surface area contributed by atoms with Crippen LogP contribution in [0.3, 0.4) is 0 Å². The highest BCUT2D eigenvalue weighted by Gasteiger charge is 2.51. The molecule has 0 bridgehead atoms. The van der Waals surface area contributed by atoms with Crippen LogP contribution in [0.1, 0.15) is 39.5 Å². The van der Waals surface area contributed by atoms with E-state index >= 15 is 0 Å². The summed E-state index contributed by atoms with van der Waals surface area (Å²) in [6.07, 6.45) is 6.91. The molecule has 1 amide bonds. The molecule has 1 spiro atoms. The Labute approximate surface area is 79.6 Å². The van der Waals surface area contributed by atoms with E-state index in [4.69, 9.17) is 0 Å². The van der Waals surface area contributed by atoms with Gasteiger partial charge < -0.3 is 4.90 Å². The molecule has 0 atom stereocenters. The van der Waals surface area contributed by atoms with Crippen LogP contribution in [0.5, 0.6) is 0 Å². The van der Waals surface area contributed by atoms with Gasteiger partial charge in [0, 0.05) is 17.7 Å². The predicted molar refractivity (Wildman–Crippen MR) is 52.3 cm³/mol. The van der Waals surface area contributed by atoms with Crippen LogP contribution in [0.4, 0.5) is 0 Å². The van der Waals surface area contributed by atoms with Gasteiger partial charge in [-0.1, -0.05) is 6.08 Å². The fourth-order valence-corrected chi connectivity index (χ4v) is 2.30. The second-order valence-corrected chi connectivity index (χ2v) is 4.26. The summed E-state index contributed by atoms with van der Waals surface area (Å²) in [5.74, 6) is 0.258. The Morgan fingerprint density at radius 2 is 2.08 bits per heavy atom. The molecule has 2 aliphatic rings. The summed E-state index contributed by atoms with van der Waals surface area (Å²) in [7, 11) is 0. The van der Waals surface area contributed by atoms with Crippen LogP contribution in [-0.2, 0) is 4.79 Å². The Kier molecular flexibility index (Phi) is 1.94. The first-order valence-corrected chi connectivity index (χ1v) is 5.14. The lowest BCUT2D eigenvalue weighted by Crippen LogP contribution is -2.65. The zero-order valence-electron chi connectivity index (χ0n) is 8.47. The number of carbonyl (C=O) groups is 1. The number of amides is 1. The van der Waals surface area contributed by atoms with Gasteiger partial charge in [0.05, 0.1) is 0 Å². The molecule has 0 radical (unpaired) electrons. The largest absolute Gasteiger partial charge is 0.333 e. The molecule has 2 rings (SSSR count). The lowest BCUT2D eigenvalue weighted by Gasteiger charge is -2.58. The summed E-state index contributed by atoms with van der Waals surface area (Å²) >= 11 is 0. The highest BCUT2D eigenvalue weighted by molar-refractivity contribution is 5.94. The molecule has 72 valence electrons. The summed E-state index contributed by atoms with van der Waals surface area (Å²) < 4.78 is 0. The maximum Gasteiger partial charge on any atom is 0.249 e. The molecule has 0 aromatic rings. The van der Waals surface area contributed by atoms with Crippen molar-refractivity contribution >= 4 is 5.91 Å².